The molecule has 102 valence electrons. The van der Waals surface area contributed by atoms with Crippen LogP contribution >= 0.6 is 0 Å². The van der Waals surface area contributed by atoms with Crippen molar-refractivity contribution in [1.29, 1.82) is 0 Å². The first-order chi connectivity index (χ1) is 9.70. The number of nitrogens with two attached hydrogens (primary N) is 1. The summed E-state index contributed by atoms with van der Waals surface area (Å²) in [5.41, 5.74) is 8.51. The first-order valence-corrected chi connectivity index (χ1v) is 6.25. The van der Waals surface area contributed by atoms with Gasteiger partial charge in [0.25, 0.3) is 5.91 Å². The molecule has 2 aromatic rings. The number of aromatic amines is 1. The summed E-state index contributed by atoms with van der Waals surface area (Å²) in [6.45, 7) is 2.61. The highest BCUT2D eigenvalue weighted by molar-refractivity contribution is 5.95. The molecule has 0 saturated carbocycles. The molecule has 20 heavy (non-hydrogen) atoms. The van der Waals surface area contributed by atoms with Gasteiger partial charge in [-0.1, -0.05) is 17.9 Å². The van der Waals surface area contributed by atoms with Crippen LogP contribution in [0.15, 0.2) is 30.7 Å². The summed E-state index contributed by atoms with van der Waals surface area (Å²) in [6.07, 6.45) is 3.26. The summed E-state index contributed by atoms with van der Waals surface area (Å²) in [6, 6.07) is 5.54. The van der Waals surface area contributed by atoms with Crippen LogP contribution in [0.2, 0.25) is 0 Å². The highest BCUT2D eigenvalue weighted by Gasteiger charge is 2.09. The number of carbonyl (C=O) groups excluding carboxylic acids is 1. The summed E-state index contributed by atoms with van der Waals surface area (Å²) in [7, 11) is 0. The molecule has 1 aromatic heterocycles. The third kappa shape index (κ3) is 3.46. The zero-order valence-corrected chi connectivity index (χ0v) is 11.2. The molecule has 5 nitrogen and oxygen atoms in total. The van der Waals surface area contributed by atoms with Crippen LogP contribution in [0.5, 0.6) is 0 Å². The number of nitrogens with zero attached hydrogens (tertiary/aromatic N) is 1. The van der Waals surface area contributed by atoms with Crippen molar-refractivity contribution in [3.8, 4) is 11.8 Å². The number of aryl methyl sites for hydroxylation is 1. The van der Waals surface area contributed by atoms with Gasteiger partial charge in [-0.2, -0.15) is 0 Å². The molecule has 1 aromatic carbocycles. The minimum absolute atomic E-state index is 0.131. The standard InChI is InChI=1S/C15H16N4O/c1-11-4-5-12(3-2-6-16)7-14(11)15(20)18-9-13-8-17-10-19-13/h4-5,7-8,10H,6,9,16H2,1H3,(H,17,19)(H,18,20). The van der Waals surface area contributed by atoms with Crippen LogP contribution in [0.4, 0.5) is 0 Å². The Morgan fingerprint density at radius 3 is 3.05 bits per heavy atom. The molecule has 0 atom stereocenters. The van der Waals surface area contributed by atoms with Gasteiger partial charge in [-0.25, -0.2) is 4.98 Å². The Hall–Kier alpha value is -2.58. The van der Waals surface area contributed by atoms with E-state index >= 15 is 0 Å². The second kappa shape index (κ2) is 6.55. The molecular formula is C15H16N4O. The van der Waals surface area contributed by atoms with E-state index in [9.17, 15) is 4.79 Å². The van der Waals surface area contributed by atoms with Crippen LogP contribution in [-0.2, 0) is 6.54 Å². The minimum atomic E-state index is -0.131. The van der Waals surface area contributed by atoms with E-state index in [1.165, 1.54) is 0 Å². The fourth-order valence-electron chi connectivity index (χ4n) is 1.75. The molecule has 5 heteroatoms. The van der Waals surface area contributed by atoms with Gasteiger partial charge in [-0.05, 0) is 24.6 Å². The highest BCUT2D eigenvalue weighted by atomic mass is 16.1. The molecule has 0 aliphatic rings. The first kappa shape index (κ1) is 13.8. The zero-order valence-electron chi connectivity index (χ0n) is 11.2. The molecule has 0 fully saturated rings. The van der Waals surface area contributed by atoms with Crippen molar-refractivity contribution in [2.75, 3.05) is 6.54 Å². The van der Waals surface area contributed by atoms with E-state index in [4.69, 9.17) is 5.73 Å². The van der Waals surface area contributed by atoms with E-state index in [-0.39, 0.29) is 5.91 Å². The summed E-state index contributed by atoms with van der Waals surface area (Å²) >= 11 is 0. The zero-order chi connectivity index (χ0) is 14.4. The third-order valence-corrected chi connectivity index (χ3v) is 2.81. The smallest absolute Gasteiger partial charge is 0.251 e. The van der Waals surface area contributed by atoms with Crippen molar-refractivity contribution in [2.24, 2.45) is 5.73 Å². The Balaban J connectivity index is 2.12. The lowest BCUT2D eigenvalue weighted by Crippen LogP contribution is -2.23. The van der Waals surface area contributed by atoms with E-state index in [1.54, 1.807) is 18.6 Å². The van der Waals surface area contributed by atoms with Crippen LogP contribution in [-0.4, -0.2) is 22.4 Å². The van der Waals surface area contributed by atoms with Gasteiger partial charge in [0.1, 0.15) is 0 Å². The van der Waals surface area contributed by atoms with Crippen LogP contribution in [0, 0.1) is 18.8 Å². The lowest BCUT2D eigenvalue weighted by molar-refractivity contribution is 0.0950. The summed E-state index contributed by atoms with van der Waals surface area (Å²) in [5.74, 6) is 5.57. The van der Waals surface area contributed by atoms with Gasteiger partial charge in [-0.3, -0.25) is 4.79 Å². The number of aromatic nitrogens is 2. The fraction of sp³-hybridized carbons (Fsp3) is 0.200. The highest BCUT2D eigenvalue weighted by Crippen LogP contribution is 2.11. The van der Waals surface area contributed by atoms with Gasteiger partial charge in [-0.15, -0.1) is 0 Å². The molecule has 0 aliphatic heterocycles. The van der Waals surface area contributed by atoms with Crippen molar-refractivity contribution in [3.05, 3.63) is 53.1 Å². The van der Waals surface area contributed by atoms with Crippen LogP contribution in [0.3, 0.4) is 0 Å². The second-order valence-electron chi connectivity index (χ2n) is 4.30. The van der Waals surface area contributed by atoms with Crippen molar-refractivity contribution in [2.45, 2.75) is 13.5 Å². The van der Waals surface area contributed by atoms with Crippen molar-refractivity contribution in [3.63, 3.8) is 0 Å². The van der Waals surface area contributed by atoms with Gasteiger partial charge in [0.05, 0.1) is 25.1 Å². The van der Waals surface area contributed by atoms with Gasteiger partial charge < -0.3 is 16.0 Å². The van der Waals surface area contributed by atoms with Gasteiger partial charge in [0.15, 0.2) is 0 Å². The monoisotopic (exact) mass is 268 g/mol. The Kier molecular flexibility index (Phi) is 4.53. The van der Waals surface area contributed by atoms with Crippen LogP contribution in [0.1, 0.15) is 27.2 Å². The fourth-order valence-corrected chi connectivity index (χ4v) is 1.75. The van der Waals surface area contributed by atoms with Gasteiger partial charge in [0.2, 0.25) is 0 Å². The number of benzene rings is 1. The molecule has 1 heterocycles. The molecule has 4 N–H and O–H groups in total. The molecule has 0 saturated heterocycles. The third-order valence-electron chi connectivity index (χ3n) is 2.81. The van der Waals surface area contributed by atoms with E-state index < -0.39 is 0 Å². The number of nitrogens with one attached hydrogen (secondary N) is 2. The van der Waals surface area contributed by atoms with Crippen molar-refractivity contribution in [1.82, 2.24) is 15.3 Å². The van der Waals surface area contributed by atoms with E-state index in [1.807, 2.05) is 19.1 Å². The topological polar surface area (TPSA) is 83.8 Å². The van der Waals surface area contributed by atoms with Crippen molar-refractivity contribution >= 4 is 5.91 Å². The van der Waals surface area contributed by atoms with E-state index in [0.717, 1.165) is 16.8 Å². The Morgan fingerprint density at radius 1 is 1.50 bits per heavy atom. The lowest BCUT2D eigenvalue weighted by atomic mass is 10.0. The molecule has 2 rings (SSSR count). The van der Waals surface area contributed by atoms with E-state index in [0.29, 0.717) is 18.7 Å². The number of hydrogen-bond donors (Lipinski definition) is 3. The number of imidazole rings is 1. The summed E-state index contributed by atoms with van der Waals surface area (Å²) in [4.78, 5) is 19.0. The average molecular weight is 268 g/mol. The SMILES string of the molecule is Cc1ccc(C#CCN)cc1C(=O)NCc1cnc[nH]1. The summed E-state index contributed by atoms with van der Waals surface area (Å²) in [5, 5.41) is 2.84. The summed E-state index contributed by atoms with van der Waals surface area (Å²) < 4.78 is 0. The molecule has 0 radical (unpaired) electrons. The van der Waals surface area contributed by atoms with Crippen molar-refractivity contribution < 1.29 is 4.79 Å². The quantitative estimate of drug-likeness (QED) is 0.725. The number of hydrogen-bond acceptors (Lipinski definition) is 3. The Labute approximate surface area is 117 Å². The molecule has 1 amide bonds. The molecular weight excluding hydrogens is 252 g/mol. The molecule has 0 bridgehead atoms. The Morgan fingerprint density at radius 2 is 2.35 bits per heavy atom. The normalized spacial score (nSPS) is 9.70. The number of amides is 1. The molecule has 0 unspecified atom stereocenters. The predicted octanol–water partition coefficient (Wildman–Crippen LogP) is 0.958. The number of rotatable bonds is 3. The lowest BCUT2D eigenvalue weighted by Gasteiger charge is -2.07. The second-order valence-corrected chi connectivity index (χ2v) is 4.30. The first-order valence-electron chi connectivity index (χ1n) is 6.25. The average Bonchev–Trinajstić information content (AvgIpc) is 2.97. The van der Waals surface area contributed by atoms with Crippen LogP contribution in [0.25, 0.3) is 0 Å². The van der Waals surface area contributed by atoms with Gasteiger partial charge in [0, 0.05) is 17.3 Å². The molecule has 0 spiro atoms. The minimum Gasteiger partial charge on any atom is -0.347 e. The van der Waals surface area contributed by atoms with E-state index in [2.05, 4.69) is 27.1 Å². The largest absolute Gasteiger partial charge is 0.347 e. The number of carbonyl (C=O) groups is 1. The molecule has 0 aliphatic carbocycles. The maximum absolute atomic E-state index is 12.2. The Bertz CT molecular complexity index is 650. The maximum atomic E-state index is 12.2. The van der Waals surface area contributed by atoms with Gasteiger partial charge >= 0.3 is 0 Å². The van der Waals surface area contributed by atoms with Crippen LogP contribution < -0.4 is 11.1 Å². The maximum Gasteiger partial charge on any atom is 0.251 e. The number of H-pyrrole nitrogens is 1. The predicted molar refractivity (Wildman–Crippen MR) is 76.9 cm³/mol.